The Labute approximate surface area is 529 Å². The average molecular weight is 1360 g/mol. The summed E-state index contributed by atoms with van der Waals surface area (Å²) in [7, 11) is 0. The van der Waals surface area contributed by atoms with Crippen molar-refractivity contribution in [3.63, 3.8) is 0 Å². The lowest BCUT2D eigenvalue weighted by Crippen LogP contribution is -2.01. The first-order valence-electron chi connectivity index (χ1n) is 26.9. The number of hydrogen-bond acceptors (Lipinski definition) is 12. The molecule has 94 heavy (non-hydrogen) atoms. The maximum atomic E-state index is 12.0. The molecular formula is C66H68F16O12. The van der Waals surface area contributed by atoms with E-state index in [1.54, 1.807) is 80.0 Å². The third-order valence-corrected chi connectivity index (χ3v) is 10.8. The summed E-state index contributed by atoms with van der Waals surface area (Å²) < 4.78 is 243. The predicted molar refractivity (Wildman–Crippen MR) is 310 cm³/mol. The highest BCUT2D eigenvalue weighted by Crippen LogP contribution is 2.31. The van der Waals surface area contributed by atoms with Gasteiger partial charge in [-0.05, 0) is 174 Å². The normalized spacial score (nSPS) is 10.2. The molecule has 0 saturated heterocycles. The third-order valence-electron chi connectivity index (χ3n) is 10.8. The smallest absolute Gasteiger partial charge is 0.449 e. The highest BCUT2D eigenvalue weighted by molar-refractivity contribution is 5.16. The molecule has 12 rings (SSSR count). The molecule has 0 spiro atoms. The lowest BCUT2D eigenvalue weighted by Gasteiger charge is -1.99. The van der Waals surface area contributed by atoms with Gasteiger partial charge in [-0.2, -0.15) is 39.5 Å². The Morgan fingerprint density at radius 1 is 0.340 bits per heavy atom. The van der Waals surface area contributed by atoms with Crippen LogP contribution in [0.25, 0.3) is 0 Å². The molecule has 12 aromatic rings. The molecule has 0 saturated carbocycles. The van der Waals surface area contributed by atoms with Crippen LogP contribution in [-0.4, -0.2) is 0 Å². The van der Waals surface area contributed by atoms with Gasteiger partial charge in [0, 0.05) is 35.4 Å². The molecule has 12 nitrogen and oxygen atoms in total. The van der Waals surface area contributed by atoms with Crippen molar-refractivity contribution in [2.24, 2.45) is 0 Å². The summed E-state index contributed by atoms with van der Waals surface area (Å²) in [6.07, 6.45) is -0.817. The second-order valence-electron chi connectivity index (χ2n) is 19.0. The zero-order chi connectivity index (χ0) is 71.5. The number of rotatable bonds is 2. The molecule has 0 amide bonds. The SMILES string of the molecule is Cc1cc(C(F)(F)F)co1.Cc1cc(C(F)F)co1.Cc1cc(F)co1.Cc1ccc(C(F)(F)F)o1.Cc1ccc(C(F)F)o1.Cc1ccc(F)o1.Cc1ccoc1C.Cc1ccoc1C.Cc1ccoc1F.Cc1coc(F)c1.Cc1cocc1F.Cc1occc1F. The summed E-state index contributed by atoms with van der Waals surface area (Å²) in [4.78, 5) is 0. The molecule has 0 aromatic carbocycles. The summed E-state index contributed by atoms with van der Waals surface area (Å²) in [6.45, 7) is 24.2. The maximum absolute atomic E-state index is 12.0. The van der Waals surface area contributed by atoms with Gasteiger partial charge in [0.15, 0.2) is 23.2 Å². The minimum atomic E-state index is -4.35. The van der Waals surface area contributed by atoms with Gasteiger partial charge in [-0.15, -0.1) is 0 Å². The van der Waals surface area contributed by atoms with Crippen molar-refractivity contribution in [1.29, 1.82) is 0 Å². The minimum absolute atomic E-state index is 0.0486. The van der Waals surface area contributed by atoms with E-state index in [2.05, 4.69) is 44.2 Å². The van der Waals surface area contributed by atoms with Crippen LogP contribution in [0.15, 0.2) is 201 Å². The molecule has 0 aliphatic heterocycles. The van der Waals surface area contributed by atoms with Crippen LogP contribution in [0.1, 0.15) is 115 Å². The molecule has 0 aliphatic carbocycles. The Balaban J connectivity index is 0.000000514. The van der Waals surface area contributed by atoms with Crippen LogP contribution < -0.4 is 0 Å². The van der Waals surface area contributed by atoms with Crippen LogP contribution in [0.3, 0.4) is 0 Å². The molecule has 0 atom stereocenters. The molecule has 0 radical (unpaired) electrons. The van der Waals surface area contributed by atoms with E-state index in [1.807, 2.05) is 39.8 Å². The number of aryl methyl sites for hydroxylation is 14. The number of halogens is 16. The topological polar surface area (TPSA) is 158 Å². The highest BCUT2D eigenvalue weighted by Gasteiger charge is 2.34. The van der Waals surface area contributed by atoms with E-state index in [0.29, 0.717) is 46.2 Å². The van der Waals surface area contributed by atoms with E-state index in [0.717, 1.165) is 48.0 Å². The Morgan fingerprint density at radius 2 is 0.840 bits per heavy atom. The fraction of sp³-hybridized carbons (Fsp3) is 0.273. The highest BCUT2D eigenvalue weighted by atomic mass is 19.4. The van der Waals surface area contributed by atoms with Gasteiger partial charge in [0.25, 0.3) is 30.9 Å². The second-order valence-corrected chi connectivity index (χ2v) is 19.0. The van der Waals surface area contributed by atoms with E-state index in [9.17, 15) is 70.2 Å². The molecule has 12 aromatic heterocycles. The third kappa shape index (κ3) is 35.7. The Hall–Kier alpha value is -9.76. The first-order valence-corrected chi connectivity index (χ1v) is 26.9. The summed E-state index contributed by atoms with van der Waals surface area (Å²) in [5.41, 5.74) is 3.59. The van der Waals surface area contributed by atoms with E-state index in [4.69, 9.17) is 8.83 Å². The lowest BCUT2D eigenvalue weighted by molar-refractivity contribution is -0.153. The van der Waals surface area contributed by atoms with E-state index in [-0.39, 0.29) is 40.3 Å². The molecule has 516 valence electrons. The summed E-state index contributed by atoms with van der Waals surface area (Å²) >= 11 is 0. The largest absolute Gasteiger partial charge is 0.469 e. The number of alkyl halides is 10. The molecular weight excluding hydrogens is 1290 g/mol. The maximum Gasteiger partial charge on any atom is 0.449 e. The number of hydrogen-bond donors (Lipinski definition) is 0. The molecule has 12 heterocycles. The van der Waals surface area contributed by atoms with Gasteiger partial charge in [0.2, 0.25) is 5.76 Å². The van der Waals surface area contributed by atoms with Gasteiger partial charge < -0.3 is 53.0 Å². The zero-order valence-electron chi connectivity index (χ0n) is 53.0. The Kier molecular flexibility index (Phi) is 36.5. The van der Waals surface area contributed by atoms with Gasteiger partial charge in [-0.1, -0.05) is 0 Å². The lowest BCUT2D eigenvalue weighted by atomic mass is 10.3. The molecule has 28 heteroatoms. The van der Waals surface area contributed by atoms with Crippen molar-refractivity contribution < 1.29 is 123 Å². The summed E-state index contributed by atoms with van der Waals surface area (Å²) in [6, 6.07) is 18.1. The van der Waals surface area contributed by atoms with E-state index < -0.39 is 54.6 Å². The van der Waals surface area contributed by atoms with Gasteiger partial charge in [0.05, 0.1) is 55.0 Å². The first kappa shape index (κ1) is 82.3. The van der Waals surface area contributed by atoms with Crippen LogP contribution in [-0.2, 0) is 12.4 Å². The first-order chi connectivity index (χ1) is 43.8. The zero-order valence-corrected chi connectivity index (χ0v) is 53.0. The van der Waals surface area contributed by atoms with E-state index >= 15 is 0 Å². The van der Waals surface area contributed by atoms with Crippen molar-refractivity contribution in [2.45, 2.75) is 122 Å². The summed E-state index contributed by atoms with van der Waals surface area (Å²) in [5.74, 6) is 3.11. The van der Waals surface area contributed by atoms with E-state index in [1.165, 1.54) is 98.6 Å². The predicted octanol–water partition coefficient (Wildman–Crippen LogP) is 24.4. The van der Waals surface area contributed by atoms with Crippen LogP contribution in [0.2, 0.25) is 0 Å². The average Bonchev–Trinajstić information content (AvgIpc) is 1.99. The van der Waals surface area contributed by atoms with Crippen molar-refractivity contribution in [2.75, 3.05) is 0 Å². The fourth-order valence-electron chi connectivity index (χ4n) is 5.51. The Morgan fingerprint density at radius 3 is 1.00 bits per heavy atom. The van der Waals surface area contributed by atoms with Gasteiger partial charge in [-0.25, -0.2) is 30.7 Å². The number of furan rings is 12. The summed E-state index contributed by atoms with van der Waals surface area (Å²) in [5, 5.41) is 0. The molecule has 0 aliphatic rings. The van der Waals surface area contributed by atoms with Crippen molar-refractivity contribution in [1.82, 2.24) is 0 Å². The molecule has 0 fully saturated rings. The van der Waals surface area contributed by atoms with Gasteiger partial charge >= 0.3 is 12.4 Å². The van der Waals surface area contributed by atoms with Crippen molar-refractivity contribution in [3.05, 3.63) is 285 Å². The van der Waals surface area contributed by atoms with Gasteiger partial charge in [-0.3, -0.25) is 0 Å². The minimum Gasteiger partial charge on any atom is -0.469 e. The fourth-order valence-corrected chi connectivity index (χ4v) is 5.51. The van der Waals surface area contributed by atoms with Crippen LogP contribution in [0.4, 0.5) is 70.2 Å². The van der Waals surface area contributed by atoms with Crippen LogP contribution in [0, 0.1) is 132 Å². The van der Waals surface area contributed by atoms with Crippen LogP contribution >= 0.6 is 0 Å². The second kappa shape index (κ2) is 41.7. The van der Waals surface area contributed by atoms with Crippen molar-refractivity contribution in [3.8, 4) is 0 Å². The quantitative estimate of drug-likeness (QED) is 0.151. The van der Waals surface area contributed by atoms with Gasteiger partial charge in [0.1, 0.15) is 70.6 Å². The molecule has 0 N–H and O–H groups in total. The Bertz CT molecular complexity index is 3320. The standard InChI is InChI=1S/2C6H5F3O.2C6H6F2O.2C6H8O.6C5H5FO/c1-4-2-5(3-10-4)6(7,8)9;1-4-2-3-5(10-4)6(7,8)9;1-4-2-5(3-9-4)6(7)8;1-4-2-3-5(9-4)6(7)8;2*1-5-3-4-7-6(5)2;1-4-2-7-3-5(4)6;1-4-2-5(6)3-7-4;1-4-2-5(6)7-3-4;1-4-5(6)2-3-7-4;1-4-2-3-7-5(4)6;1-4-2-3-5(6)7-4/h2*2-3H,1H3;2*2-3,6H,1H3;2*3-4H,1-2H3;6*2-3H,1H3. The molecule has 0 bridgehead atoms. The van der Waals surface area contributed by atoms with Crippen LogP contribution in [0.5, 0.6) is 0 Å². The molecule has 0 unspecified atom stereocenters. The monoisotopic (exact) mass is 1360 g/mol. The van der Waals surface area contributed by atoms with Crippen molar-refractivity contribution >= 4 is 0 Å².